The number of hydrogen-bond acceptors (Lipinski definition) is 3. The van der Waals surface area contributed by atoms with Gasteiger partial charge in [-0.1, -0.05) is 23.2 Å². The lowest BCUT2D eigenvalue weighted by atomic mass is 10.2. The van der Waals surface area contributed by atoms with Gasteiger partial charge in [-0.05, 0) is 53.6 Å². The lowest BCUT2D eigenvalue weighted by Gasteiger charge is -2.09. The highest BCUT2D eigenvalue weighted by atomic mass is 127. The highest BCUT2D eigenvalue weighted by molar-refractivity contribution is 14.1. The predicted molar refractivity (Wildman–Crippen MR) is 86.6 cm³/mol. The van der Waals surface area contributed by atoms with Crippen LogP contribution in [0.2, 0.25) is 10.0 Å². The minimum Gasteiger partial charge on any atom is -0.383 e. The molecule has 0 bridgehead atoms. The zero-order valence-corrected chi connectivity index (χ0v) is 13.5. The van der Waals surface area contributed by atoms with Gasteiger partial charge in [0.15, 0.2) is 5.82 Å². The van der Waals surface area contributed by atoms with E-state index in [1.165, 1.54) is 12.8 Å². The van der Waals surface area contributed by atoms with E-state index in [0.717, 1.165) is 14.8 Å². The fourth-order valence-corrected chi connectivity index (χ4v) is 3.08. The largest absolute Gasteiger partial charge is 0.383 e. The number of aromatic nitrogens is 2. The molecule has 0 aliphatic heterocycles. The number of nitrogens with two attached hydrogens (primary N) is 1. The molecule has 0 spiro atoms. The molecule has 0 unspecified atom stereocenters. The minimum atomic E-state index is 0.513. The third-order valence-electron chi connectivity index (χ3n) is 3.04. The van der Waals surface area contributed by atoms with Gasteiger partial charge in [0.25, 0.3) is 0 Å². The van der Waals surface area contributed by atoms with Crippen molar-refractivity contribution in [1.82, 2.24) is 9.97 Å². The van der Waals surface area contributed by atoms with Gasteiger partial charge in [-0.3, -0.25) is 0 Å². The molecule has 2 aromatic rings. The molecule has 3 nitrogen and oxygen atoms in total. The molecule has 0 saturated heterocycles. The van der Waals surface area contributed by atoms with Gasteiger partial charge in [-0.15, -0.1) is 0 Å². The van der Waals surface area contributed by atoms with Crippen LogP contribution in [0.1, 0.15) is 24.5 Å². The molecule has 1 fully saturated rings. The van der Waals surface area contributed by atoms with Crippen LogP contribution in [0.15, 0.2) is 18.2 Å². The maximum absolute atomic E-state index is 6.20. The van der Waals surface area contributed by atoms with Crippen molar-refractivity contribution in [2.75, 3.05) is 5.73 Å². The van der Waals surface area contributed by atoms with E-state index in [4.69, 9.17) is 28.9 Å². The molecule has 0 atom stereocenters. The van der Waals surface area contributed by atoms with Crippen LogP contribution < -0.4 is 5.73 Å². The summed E-state index contributed by atoms with van der Waals surface area (Å²) in [4.78, 5) is 8.97. The summed E-state index contributed by atoms with van der Waals surface area (Å²) in [5, 5.41) is 1.13. The number of anilines is 1. The van der Waals surface area contributed by atoms with Crippen LogP contribution in [-0.4, -0.2) is 9.97 Å². The summed E-state index contributed by atoms with van der Waals surface area (Å²) in [6, 6.07) is 5.28. The number of hydrogen-bond donors (Lipinski definition) is 1. The summed E-state index contributed by atoms with van der Waals surface area (Å²) < 4.78 is 0.953. The lowest BCUT2D eigenvalue weighted by molar-refractivity contribution is 0.983. The van der Waals surface area contributed by atoms with Crippen molar-refractivity contribution in [2.45, 2.75) is 18.8 Å². The molecule has 1 heterocycles. The van der Waals surface area contributed by atoms with Crippen LogP contribution in [0.25, 0.3) is 11.4 Å². The van der Waals surface area contributed by atoms with Gasteiger partial charge < -0.3 is 5.73 Å². The number of benzene rings is 1. The lowest BCUT2D eigenvalue weighted by Crippen LogP contribution is -2.04. The van der Waals surface area contributed by atoms with Crippen LogP contribution in [0.4, 0.5) is 5.82 Å². The van der Waals surface area contributed by atoms with E-state index in [-0.39, 0.29) is 0 Å². The Morgan fingerprint density at radius 3 is 2.58 bits per heavy atom. The minimum absolute atomic E-state index is 0.513. The van der Waals surface area contributed by atoms with Crippen molar-refractivity contribution in [3.05, 3.63) is 37.5 Å². The summed E-state index contributed by atoms with van der Waals surface area (Å²) in [6.45, 7) is 0. The van der Waals surface area contributed by atoms with Crippen molar-refractivity contribution in [3.63, 3.8) is 0 Å². The summed E-state index contributed by atoms with van der Waals surface area (Å²) in [5.41, 5.74) is 7.77. The van der Waals surface area contributed by atoms with E-state index in [1.54, 1.807) is 12.1 Å². The highest BCUT2D eigenvalue weighted by Crippen LogP contribution is 2.42. The highest BCUT2D eigenvalue weighted by Gasteiger charge is 2.29. The molecule has 1 aromatic carbocycles. The molecule has 0 radical (unpaired) electrons. The standard InChI is InChI=1S/C13H10Cl2IN3/c14-7-3-4-8(9(15)5-7)13-18-11(6-1-2-6)10(16)12(17)19-13/h3-6H,1-2H2,(H2,17,18,19). The Bertz CT molecular complexity index is 657. The zero-order chi connectivity index (χ0) is 13.6. The maximum atomic E-state index is 6.20. The van der Waals surface area contributed by atoms with E-state index >= 15 is 0 Å². The van der Waals surface area contributed by atoms with Gasteiger partial charge in [-0.25, -0.2) is 9.97 Å². The molecule has 1 aliphatic carbocycles. The number of nitrogens with zero attached hydrogens (tertiary/aromatic N) is 2. The molecule has 19 heavy (non-hydrogen) atoms. The Hall–Kier alpha value is -0.590. The predicted octanol–water partition coefficient (Wildman–Crippen LogP) is 4.51. The Morgan fingerprint density at radius 2 is 1.95 bits per heavy atom. The quantitative estimate of drug-likeness (QED) is 0.747. The molecule has 98 valence electrons. The smallest absolute Gasteiger partial charge is 0.163 e. The first-order valence-corrected chi connectivity index (χ1v) is 7.68. The van der Waals surface area contributed by atoms with Crippen molar-refractivity contribution in [3.8, 4) is 11.4 Å². The topological polar surface area (TPSA) is 51.8 Å². The average Bonchev–Trinajstić information content (AvgIpc) is 3.17. The van der Waals surface area contributed by atoms with Crippen LogP contribution in [0.3, 0.4) is 0 Å². The molecule has 1 aromatic heterocycles. The van der Waals surface area contributed by atoms with E-state index in [1.807, 2.05) is 6.07 Å². The molecule has 1 saturated carbocycles. The third kappa shape index (κ3) is 2.66. The molecule has 2 N–H and O–H groups in total. The normalized spacial score (nSPS) is 14.7. The second kappa shape index (κ2) is 5.07. The summed E-state index contributed by atoms with van der Waals surface area (Å²) in [7, 11) is 0. The first-order valence-electron chi connectivity index (χ1n) is 5.84. The third-order valence-corrected chi connectivity index (χ3v) is 4.69. The number of halogens is 3. The molecule has 3 rings (SSSR count). The van der Waals surface area contributed by atoms with E-state index in [2.05, 4.69) is 32.6 Å². The Morgan fingerprint density at radius 1 is 1.21 bits per heavy atom. The molecule has 1 aliphatic rings. The molecule has 0 amide bonds. The average molecular weight is 406 g/mol. The maximum Gasteiger partial charge on any atom is 0.163 e. The van der Waals surface area contributed by atoms with E-state index in [9.17, 15) is 0 Å². The molecule has 6 heteroatoms. The molecular formula is C13H10Cl2IN3. The second-order valence-electron chi connectivity index (χ2n) is 4.53. The first-order chi connectivity index (χ1) is 9.06. The van der Waals surface area contributed by atoms with Crippen molar-refractivity contribution < 1.29 is 0 Å². The van der Waals surface area contributed by atoms with Crippen LogP contribution in [0, 0.1) is 3.57 Å². The summed E-state index contributed by atoms with van der Waals surface area (Å²) >= 11 is 14.3. The van der Waals surface area contributed by atoms with Gasteiger partial charge in [0.2, 0.25) is 0 Å². The van der Waals surface area contributed by atoms with Crippen molar-refractivity contribution >= 4 is 51.6 Å². The van der Waals surface area contributed by atoms with Gasteiger partial charge in [0.1, 0.15) is 5.82 Å². The SMILES string of the molecule is Nc1nc(-c2ccc(Cl)cc2Cl)nc(C2CC2)c1I. The fourth-order valence-electron chi connectivity index (χ4n) is 1.90. The van der Waals surface area contributed by atoms with Crippen LogP contribution in [-0.2, 0) is 0 Å². The van der Waals surface area contributed by atoms with Crippen molar-refractivity contribution in [2.24, 2.45) is 0 Å². The monoisotopic (exact) mass is 405 g/mol. The Labute approximate surface area is 134 Å². The van der Waals surface area contributed by atoms with E-state index in [0.29, 0.717) is 27.6 Å². The molecular weight excluding hydrogens is 396 g/mol. The number of nitrogen functional groups attached to an aromatic ring is 1. The fraction of sp³-hybridized carbons (Fsp3) is 0.231. The van der Waals surface area contributed by atoms with Crippen LogP contribution >= 0.6 is 45.8 Å². The van der Waals surface area contributed by atoms with Gasteiger partial charge in [-0.2, -0.15) is 0 Å². The Balaban J connectivity index is 2.14. The van der Waals surface area contributed by atoms with Gasteiger partial charge in [0, 0.05) is 16.5 Å². The first kappa shape index (κ1) is 13.4. The second-order valence-corrected chi connectivity index (χ2v) is 6.45. The summed E-state index contributed by atoms with van der Waals surface area (Å²) in [6.07, 6.45) is 2.33. The number of rotatable bonds is 2. The van der Waals surface area contributed by atoms with Crippen molar-refractivity contribution in [1.29, 1.82) is 0 Å². The van der Waals surface area contributed by atoms with E-state index < -0.39 is 0 Å². The van der Waals surface area contributed by atoms with Crippen LogP contribution in [0.5, 0.6) is 0 Å². The summed E-state index contributed by atoms with van der Waals surface area (Å²) in [5.74, 6) is 1.60. The Kier molecular flexibility index (Phi) is 3.57. The van der Waals surface area contributed by atoms with Gasteiger partial charge in [0.05, 0.1) is 14.3 Å². The zero-order valence-electron chi connectivity index (χ0n) is 9.83. The van der Waals surface area contributed by atoms with Gasteiger partial charge >= 0.3 is 0 Å².